The molecule has 0 bridgehead atoms. The molecular weight excluding hydrogens is 304 g/mol. The molecule has 1 atom stereocenters. The molecule has 96 valence electrons. The van der Waals surface area contributed by atoms with Gasteiger partial charge in [0.15, 0.2) is 10.4 Å². The van der Waals surface area contributed by atoms with Gasteiger partial charge in [-0.15, -0.1) is 5.10 Å². The number of aryl methyl sites for hydroxylation is 1. The van der Waals surface area contributed by atoms with E-state index in [2.05, 4.69) is 31.5 Å². The van der Waals surface area contributed by atoms with Crippen molar-refractivity contribution in [1.29, 1.82) is 0 Å². The van der Waals surface area contributed by atoms with Crippen molar-refractivity contribution in [3.05, 3.63) is 16.8 Å². The average Bonchev–Trinajstić information content (AvgIpc) is 2.93. The van der Waals surface area contributed by atoms with Gasteiger partial charge in [0.05, 0.1) is 5.92 Å². The second-order valence-corrected chi connectivity index (χ2v) is 4.64. The van der Waals surface area contributed by atoms with Crippen LogP contribution in [0.1, 0.15) is 13.3 Å². The highest BCUT2D eigenvalue weighted by Gasteiger charge is 2.16. The molecule has 0 amide bonds. The van der Waals surface area contributed by atoms with Crippen molar-refractivity contribution in [3.63, 3.8) is 0 Å². The van der Waals surface area contributed by atoms with Crippen molar-refractivity contribution in [3.8, 4) is 11.6 Å². The van der Waals surface area contributed by atoms with Gasteiger partial charge in [0, 0.05) is 6.54 Å². The number of aliphatic carboxylic acids is 1. The zero-order valence-electron chi connectivity index (χ0n) is 9.58. The molecule has 0 radical (unpaired) electrons. The molecule has 8 heteroatoms. The van der Waals surface area contributed by atoms with Crippen LogP contribution in [0.3, 0.4) is 0 Å². The van der Waals surface area contributed by atoms with E-state index in [1.165, 1.54) is 4.68 Å². The molecule has 2 aromatic rings. The summed E-state index contributed by atoms with van der Waals surface area (Å²) in [6.07, 6.45) is 0.454. The van der Waals surface area contributed by atoms with E-state index in [4.69, 9.17) is 9.52 Å². The van der Waals surface area contributed by atoms with Crippen molar-refractivity contribution in [2.24, 2.45) is 5.92 Å². The van der Waals surface area contributed by atoms with Crippen LogP contribution >= 0.6 is 15.9 Å². The molecule has 0 saturated heterocycles. The number of hydrogen-bond donors (Lipinski definition) is 1. The van der Waals surface area contributed by atoms with Gasteiger partial charge in [0.1, 0.15) is 0 Å². The molecule has 0 saturated carbocycles. The standard InChI is InChI=1S/C10H11BrN4O3/c1-6(10(16)17)4-5-15-9(12-13-14-15)7-2-3-8(11)18-7/h2-3,6H,4-5H2,1H3,(H,16,17). The first-order valence-corrected chi connectivity index (χ1v) is 6.12. The summed E-state index contributed by atoms with van der Waals surface area (Å²) in [4.78, 5) is 10.7. The second-order valence-electron chi connectivity index (χ2n) is 3.86. The molecule has 0 spiro atoms. The van der Waals surface area contributed by atoms with Crippen LogP contribution in [0.5, 0.6) is 0 Å². The Morgan fingerprint density at radius 2 is 2.39 bits per heavy atom. The minimum Gasteiger partial charge on any atom is -0.481 e. The summed E-state index contributed by atoms with van der Waals surface area (Å²) < 4.78 is 7.48. The molecular formula is C10H11BrN4O3. The van der Waals surface area contributed by atoms with Gasteiger partial charge in [-0.1, -0.05) is 6.92 Å². The van der Waals surface area contributed by atoms with Crippen molar-refractivity contribution in [2.75, 3.05) is 0 Å². The summed E-state index contributed by atoms with van der Waals surface area (Å²) in [5, 5.41) is 20.1. The molecule has 0 aliphatic heterocycles. The maximum absolute atomic E-state index is 10.7. The van der Waals surface area contributed by atoms with Gasteiger partial charge in [-0.05, 0) is 44.9 Å². The minimum absolute atomic E-state index is 0.425. The van der Waals surface area contributed by atoms with E-state index in [0.29, 0.717) is 29.2 Å². The highest BCUT2D eigenvalue weighted by Crippen LogP contribution is 2.22. The third kappa shape index (κ3) is 2.76. The van der Waals surface area contributed by atoms with Crippen LogP contribution < -0.4 is 0 Å². The highest BCUT2D eigenvalue weighted by atomic mass is 79.9. The topological polar surface area (TPSA) is 94.0 Å². The summed E-state index contributed by atoms with van der Waals surface area (Å²) in [7, 11) is 0. The van der Waals surface area contributed by atoms with E-state index in [1.807, 2.05) is 0 Å². The summed E-state index contributed by atoms with van der Waals surface area (Å²) >= 11 is 3.20. The summed E-state index contributed by atoms with van der Waals surface area (Å²) in [6, 6.07) is 3.49. The van der Waals surface area contributed by atoms with Gasteiger partial charge < -0.3 is 9.52 Å². The Bertz CT molecular complexity index is 551. The van der Waals surface area contributed by atoms with E-state index < -0.39 is 11.9 Å². The molecule has 0 aromatic carbocycles. The molecule has 0 aliphatic carbocycles. The number of halogens is 1. The number of carboxylic acids is 1. The van der Waals surface area contributed by atoms with Gasteiger partial charge >= 0.3 is 5.97 Å². The largest absolute Gasteiger partial charge is 0.481 e. The van der Waals surface area contributed by atoms with E-state index in [0.717, 1.165) is 0 Å². The third-order valence-corrected chi connectivity index (χ3v) is 2.95. The third-order valence-electron chi connectivity index (χ3n) is 2.52. The zero-order chi connectivity index (χ0) is 13.1. The maximum atomic E-state index is 10.7. The number of aromatic nitrogens is 4. The first kappa shape index (κ1) is 12.7. The van der Waals surface area contributed by atoms with Crippen LogP contribution in [0.25, 0.3) is 11.6 Å². The Hall–Kier alpha value is -1.70. The first-order chi connectivity index (χ1) is 8.58. The summed E-state index contributed by atoms with van der Waals surface area (Å²) in [5.74, 6) is -0.246. The highest BCUT2D eigenvalue weighted by molar-refractivity contribution is 9.10. The summed E-state index contributed by atoms with van der Waals surface area (Å²) in [6.45, 7) is 2.07. The predicted molar refractivity (Wildman–Crippen MR) is 64.6 cm³/mol. The lowest BCUT2D eigenvalue weighted by Gasteiger charge is -2.06. The van der Waals surface area contributed by atoms with Gasteiger partial charge in [-0.2, -0.15) is 0 Å². The van der Waals surface area contributed by atoms with Crippen molar-refractivity contribution in [1.82, 2.24) is 20.2 Å². The van der Waals surface area contributed by atoms with E-state index >= 15 is 0 Å². The number of hydrogen-bond acceptors (Lipinski definition) is 5. The second kappa shape index (κ2) is 5.30. The molecule has 1 N–H and O–H groups in total. The van der Waals surface area contributed by atoms with Crippen LogP contribution in [-0.4, -0.2) is 31.3 Å². The number of tetrazole rings is 1. The molecule has 18 heavy (non-hydrogen) atoms. The number of rotatable bonds is 5. The number of nitrogens with zero attached hydrogens (tertiary/aromatic N) is 4. The molecule has 2 rings (SSSR count). The van der Waals surface area contributed by atoms with Crippen LogP contribution in [-0.2, 0) is 11.3 Å². The van der Waals surface area contributed by atoms with Gasteiger partial charge in [-0.25, -0.2) is 4.68 Å². The van der Waals surface area contributed by atoms with Crippen LogP contribution in [0, 0.1) is 5.92 Å². The van der Waals surface area contributed by atoms with Crippen LogP contribution in [0.15, 0.2) is 21.2 Å². The molecule has 0 aliphatic rings. The van der Waals surface area contributed by atoms with Crippen molar-refractivity contribution < 1.29 is 14.3 Å². The minimum atomic E-state index is -0.828. The lowest BCUT2D eigenvalue weighted by molar-refractivity contribution is -0.141. The zero-order valence-corrected chi connectivity index (χ0v) is 11.2. The van der Waals surface area contributed by atoms with Gasteiger partial charge in [-0.3, -0.25) is 4.79 Å². The van der Waals surface area contributed by atoms with Gasteiger partial charge in [0.2, 0.25) is 5.82 Å². The monoisotopic (exact) mass is 314 g/mol. The fourth-order valence-electron chi connectivity index (χ4n) is 1.41. The Morgan fingerprint density at radius 1 is 1.61 bits per heavy atom. The number of carboxylic acid groups (broad SMARTS) is 1. The van der Waals surface area contributed by atoms with Crippen molar-refractivity contribution in [2.45, 2.75) is 19.9 Å². The fraction of sp³-hybridized carbons (Fsp3) is 0.400. The van der Waals surface area contributed by atoms with Gasteiger partial charge in [0.25, 0.3) is 0 Å². The fourth-order valence-corrected chi connectivity index (χ4v) is 1.71. The first-order valence-electron chi connectivity index (χ1n) is 5.32. The smallest absolute Gasteiger partial charge is 0.306 e. The lowest BCUT2D eigenvalue weighted by Crippen LogP contribution is -2.13. The Labute approximate surface area is 111 Å². The average molecular weight is 315 g/mol. The quantitative estimate of drug-likeness (QED) is 0.904. The van der Waals surface area contributed by atoms with E-state index in [1.54, 1.807) is 19.1 Å². The normalized spacial score (nSPS) is 12.6. The molecule has 0 fully saturated rings. The van der Waals surface area contributed by atoms with E-state index in [-0.39, 0.29) is 0 Å². The van der Waals surface area contributed by atoms with Crippen LogP contribution in [0.2, 0.25) is 0 Å². The Morgan fingerprint density at radius 3 is 3.00 bits per heavy atom. The Kier molecular flexibility index (Phi) is 3.75. The predicted octanol–water partition coefficient (Wildman–Crippen LogP) is 1.81. The van der Waals surface area contributed by atoms with E-state index in [9.17, 15) is 4.79 Å². The van der Waals surface area contributed by atoms with Crippen LogP contribution in [0.4, 0.5) is 0 Å². The lowest BCUT2D eigenvalue weighted by atomic mass is 10.1. The summed E-state index contributed by atoms with van der Waals surface area (Å²) in [5.41, 5.74) is 0. The maximum Gasteiger partial charge on any atom is 0.306 e. The molecule has 7 nitrogen and oxygen atoms in total. The SMILES string of the molecule is CC(CCn1nnnc1-c1ccc(Br)o1)C(=O)O. The molecule has 1 unspecified atom stereocenters. The number of furan rings is 1. The van der Waals surface area contributed by atoms with Crippen molar-refractivity contribution >= 4 is 21.9 Å². The molecule has 2 heterocycles. The number of carbonyl (C=O) groups is 1. The Balaban J connectivity index is 2.11. The molecule has 2 aromatic heterocycles.